The van der Waals surface area contributed by atoms with Crippen molar-refractivity contribution in [2.75, 3.05) is 5.32 Å². The van der Waals surface area contributed by atoms with E-state index in [2.05, 4.69) is 26.2 Å². The van der Waals surface area contributed by atoms with E-state index in [9.17, 15) is 9.59 Å². The minimum absolute atomic E-state index is 0.0690. The summed E-state index contributed by atoms with van der Waals surface area (Å²) in [4.78, 5) is 28.4. The van der Waals surface area contributed by atoms with Crippen LogP contribution in [0.25, 0.3) is 6.08 Å². The average Bonchev–Trinajstić information content (AvgIpc) is 3.15. The first-order valence-electron chi connectivity index (χ1n) is 8.88. The second kappa shape index (κ2) is 10.1. The molecule has 1 amide bonds. The van der Waals surface area contributed by atoms with Gasteiger partial charge < -0.3 is 10.1 Å². The van der Waals surface area contributed by atoms with Gasteiger partial charge in [0.15, 0.2) is 0 Å². The number of anilines is 1. The van der Waals surface area contributed by atoms with Crippen molar-refractivity contribution in [2.24, 2.45) is 0 Å². The van der Waals surface area contributed by atoms with E-state index in [0.29, 0.717) is 10.7 Å². The number of nitrogens with zero attached hydrogens (tertiary/aromatic N) is 1. The summed E-state index contributed by atoms with van der Waals surface area (Å²) in [5.41, 5.74) is 3.41. The van der Waals surface area contributed by atoms with E-state index in [1.165, 1.54) is 17.4 Å². The quantitative estimate of drug-likeness (QED) is 0.382. The summed E-state index contributed by atoms with van der Waals surface area (Å²) in [7, 11) is 0. The lowest BCUT2D eigenvalue weighted by Crippen LogP contribution is -2.14. The molecule has 148 valence electrons. The van der Waals surface area contributed by atoms with Crippen molar-refractivity contribution in [3.63, 3.8) is 0 Å². The molecule has 2 aromatic carbocycles. The summed E-state index contributed by atoms with van der Waals surface area (Å²) in [6, 6.07) is 15.2. The summed E-state index contributed by atoms with van der Waals surface area (Å²) >= 11 is 4.73. The first kappa shape index (κ1) is 21.0. The number of nitrogens with one attached hydrogen (secondary N) is 1. The van der Waals surface area contributed by atoms with Crippen molar-refractivity contribution in [1.29, 1.82) is 0 Å². The van der Waals surface area contributed by atoms with Crippen LogP contribution in [0.2, 0.25) is 0 Å². The van der Waals surface area contributed by atoms with E-state index >= 15 is 0 Å². The number of amides is 1. The number of benzene rings is 2. The Hall–Kier alpha value is -2.77. The number of thiazole rings is 1. The molecule has 7 heteroatoms. The molecule has 0 aliphatic carbocycles. The highest BCUT2D eigenvalue weighted by Crippen LogP contribution is 2.14. The number of esters is 1. The number of hydrogen-bond donors (Lipinski definition) is 1. The van der Waals surface area contributed by atoms with E-state index < -0.39 is 5.97 Å². The molecule has 0 radical (unpaired) electrons. The Balaban J connectivity index is 1.45. The monoisotopic (exact) mass is 470 g/mol. The number of carbonyl (C=O) groups excluding carboxylic acids is 2. The van der Waals surface area contributed by atoms with Crippen molar-refractivity contribution in [2.45, 2.75) is 20.0 Å². The zero-order valence-electron chi connectivity index (χ0n) is 15.7. The van der Waals surface area contributed by atoms with Gasteiger partial charge in [-0.1, -0.05) is 45.8 Å². The van der Waals surface area contributed by atoms with E-state index in [4.69, 9.17) is 4.74 Å². The van der Waals surface area contributed by atoms with Crippen LogP contribution < -0.4 is 5.32 Å². The SMILES string of the molecule is Cc1ccc(NC(=O)Cc2nc(COC(=O)/C=C/c3ccc(Br)cc3)cs2)cc1. The molecule has 1 heterocycles. The van der Waals surface area contributed by atoms with Crippen molar-refractivity contribution in [1.82, 2.24) is 4.98 Å². The summed E-state index contributed by atoms with van der Waals surface area (Å²) in [5, 5.41) is 5.31. The minimum atomic E-state index is -0.445. The van der Waals surface area contributed by atoms with Gasteiger partial charge in [-0.25, -0.2) is 9.78 Å². The minimum Gasteiger partial charge on any atom is -0.456 e. The first-order chi connectivity index (χ1) is 14.0. The van der Waals surface area contributed by atoms with Crippen LogP contribution in [0.3, 0.4) is 0 Å². The fraction of sp³-hybridized carbons (Fsp3) is 0.136. The van der Waals surface area contributed by atoms with E-state index in [1.807, 2.05) is 55.5 Å². The molecule has 1 aromatic heterocycles. The highest BCUT2D eigenvalue weighted by molar-refractivity contribution is 9.10. The number of carbonyl (C=O) groups is 2. The maximum atomic E-state index is 12.1. The van der Waals surface area contributed by atoms with Crippen LogP contribution in [0.4, 0.5) is 5.69 Å². The fourth-order valence-electron chi connectivity index (χ4n) is 2.41. The van der Waals surface area contributed by atoms with E-state index in [1.54, 1.807) is 11.5 Å². The van der Waals surface area contributed by atoms with Crippen molar-refractivity contribution >= 4 is 50.9 Å². The molecule has 5 nitrogen and oxygen atoms in total. The number of hydrogen-bond acceptors (Lipinski definition) is 5. The lowest BCUT2D eigenvalue weighted by atomic mass is 10.2. The molecule has 29 heavy (non-hydrogen) atoms. The number of ether oxygens (including phenoxy) is 1. The number of halogens is 1. The molecule has 0 saturated heterocycles. The third-order valence-corrected chi connectivity index (χ3v) is 5.32. The van der Waals surface area contributed by atoms with Gasteiger partial charge >= 0.3 is 5.97 Å². The molecule has 0 fully saturated rings. The molecular formula is C22H19BrN2O3S. The molecule has 0 atom stereocenters. The fourth-order valence-corrected chi connectivity index (χ4v) is 3.45. The largest absolute Gasteiger partial charge is 0.456 e. The van der Waals surface area contributed by atoms with Gasteiger partial charge in [-0.2, -0.15) is 0 Å². The maximum absolute atomic E-state index is 12.1. The van der Waals surface area contributed by atoms with Gasteiger partial charge in [-0.05, 0) is 42.8 Å². The molecular weight excluding hydrogens is 452 g/mol. The molecule has 0 saturated carbocycles. The number of aromatic nitrogens is 1. The summed E-state index contributed by atoms with van der Waals surface area (Å²) in [6.07, 6.45) is 3.25. The Morgan fingerprint density at radius 2 is 1.86 bits per heavy atom. The van der Waals surface area contributed by atoms with Crippen LogP contribution in [0, 0.1) is 6.92 Å². The number of aryl methyl sites for hydroxylation is 1. The van der Waals surface area contributed by atoms with E-state index in [-0.39, 0.29) is 18.9 Å². The second-order valence-electron chi connectivity index (χ2n) is 6.32. The molecule has 0 aliphatic rings. The third-order valence-electron chi connectivity index (χ3n) is 3.89. The van der Waals surface area contributed by atoms with Crippen LogP contribution in [0.1, 0.15) is 21.8 Å². The third kappa shape index (κ3) is 6.96. The normalized spacial score (nSPS) is 10.8. The van der Waals surface area contributed by atoms with Gasteiger partial charge in [-0.15, -0.1) is 11.3 Å². The summed E-state index contributed by atoms with van der Waals surface area (Å²) in [6.45, 7) is 2.06. The Morgan fingerprint density at radius 3 is 2.59 bits per heavy atom. The van der Waals surface area contributed by atoms with Gasteiger partial charge in [0.25, 0.3) is 0 Å². The van der Waals surface area contributed by atoms with Gasteiger partial charge in [0, 0.05) is 21.6 Å². The predicted octanol–water partition coefficient (Wildman–Crippen LogP) is 5.15. The van der Waals surface area contributed by atoms with Gasteiger partial charge in [0.2, 0.25) is 5.91 Å². The maximum Gasteiger partial charge on any atom is 0.331 e. The zero-order valence-corrected chi connectivity index (χ0v) is 18.1. The second-order valence-corrected chi connectivity index (χ2v) is 8.17. The topological polar surface area (TPSA) is 68.3 Å². The zero-order chi connectivity index (χ0) is 20.6. The van der Waals surface area contributed by atoms with Crippen LogP contribution in [0.5, 0.6) is 0 Å². The lowest BCUT2D eigenvalue weighted by molar-refractivity contribution is -0.139. The van der Waals surface area contributed by atoms with Crippen LogP contribution in [0.15, 0.2) is 64.5 Å². The smallest absolute Gasteiger partial charge is 0.331 e. The van der Waals surface area contributed by atoms with Crippen LogP contribution in [-0.2, 0) is 27.4 Å². The van der Waals surface area contributed by atoms with Gasteiger partial charge in [0.1, 0.15) is 11.6 Å². The molecule has 3 rings (SSSR count). The lowest BCUT2D eigenvalue weighted by Gasteiger charge is -2.04. The van der Waals surface area contributed by atoms with Gasteiger partial charge in [0.05, 0.1) is 12.1 Å². The average molecular weight is 471 g/mol. The highest BCUT2D eigenvalue weighted by Gasteiger charge is 2.09. The van der Waals surface area contributed by atoms with Crippen molar-refractivity contribution < 1.29 is 14.3 Å². The summed E-state index contributed by atoms with van der Waals surface area (Å²) < 4.78 is 6.18. The molecule has 3 aromatic rings. The molecule has 0 spiro atoms. The Morgan fingerprint density at radius 1 is 1.14 bits per heavy atom. The molecule has 0 aliphatic heterocycles. The highest BCUT2D eigenvalue weighted by atomic mass is 79.9. The Kier molecular flexibility index (Phi) is 7.32. The Labute approximate surface area is 181 Å². The molecule has 0 bridgehead atoms. The van der Waals surface area contributed by atoms with E-state index in [0.717, 1.165) is 21.3 Å². The van der Waals surface area contributed by atoms with Crippen LogP contribution >= 0.6 is 27.3 Å². The van der Waals surface area contributed by atoms with Gasteiger partial charge in [-0.3, -0.25) is 4.79 Å². The molecule has 1 N–H and O–H groups in total. The summed E-state index contributed by atoms with van der Waals surface area (Å²) in [5.74, 6) is -0.580. The van der Waals surface area contributed by atoms with Crippen molar-refractivity contribution in [3.05, 3.63) is 86.3 Å². The van der Waals surface area contributed by atoms with Crippen molar-refractivity contribution in [3.8, 4) is 0 Å². The molecule has 0 unspecified atom stereocenters. The first-order valence-corrected chi connectivity index (χ1v) is 10.6. The Bertz CT molecular complexity index is 1010. The standard InChI is InChI=1S/C22H19BrN2O3S/c1-15-2-9-18(10-3-15)24-20(26)12-21-25-19(14-29-21)13-28-22(27)11-6-16-4-7-17(23)8-5-16/h2-11,14H,12-13H2,1H3,(H,24,26)/b11-6+. The number of rotatable bonds is 7. The predicted molar refractivity (Wildman–Crippen MR) is 119 cm³/mol. The van der Waals surface area contributed by atoms with Crippen LogP contribution in [-0.4, -0.2) is 16.9 Å².